The van der Waals surface area contributed by atoms with Crippen molar-refractivity contribution in [3.8, 4) is 5.75 Å². The topological polar surface area (TPSA) is 38.5 Å². The lowest BCUT2D eigenvalue weighted by Gasteiger charge is -2.34. The zero-order valence-corrected chi connectivity index (χ0v) is 11.4. The van der Waals surface area contributed by atoms with Crippen LogP contribution in [0.3, 0.4) is 0 Å². The Hall–Kier alpha value is -1.06. The Labute approximate surface area is 105 Å². The molecular formula is C14H24N2O. The summed E-state index contributed by atoms with van der Waals surface area (Å²) in [6, 6.07) is 8.23. The van der Waals surface area contributed by atoms with Gasteiger partial charge in [0, 0.05) is 18.6 Å². The van der Waals surface area contributed by atoms with E-state index in [1.807, 2.05) is 12.1 Å². The lowest BCUT2D eigenvalue weighted by molar-refractivity contribution is 0.166. The van der Waals surface area contributed by atoms with Crippen molar-refractivity contribution in [2.75, 3.05) is 27.2 Å². The van der Waals surface area contributed by atoms with Crippen LogP contribution in [0.25, 0.3) is 0 Å². The van der Waals surface area contributed by atoms with E-state index in [2.05, 4.69) is 37.9 Å². The Morgan fingerprint density at radius 3 is 2.29 bits per heavy atom. The molecule has 0 unspecified atom stereocenters. The summed E-state index contributed by atoms with van der Waals surface area (Å²) < 4.78 is 5.14. The molecule has 0 fully saturated rings. The fourth-order valence-corrected chi connectivity index (χ4v) is 1.55. The number of benzene rings is 1. The first-order valence-corrected chi connectivity index (χ1v) is 6.04. The highest BCUT2D eigenvalue weighted by Gasteiger charge is 2.20. The summed E-state index contributed by atoms with van der Waals surface area (Å²) in [5, 5.41) is 0. The van der Waals surface area contributed by atoms with E-state index in [-0.39, 0.29) is 5.54 Å². The average Bonchev–Trinajstić information content (AvgIpc) is 2.36. The maximum absolute atomic E-state index is 5.76. The molecule has 1 aromatic carbocycles. The van der Waals surface area contributed by atoms with Crippen molar-refractivity contribution in [2.45, 2.75) is 25.8 Å². The van der Waals surface area contributed by atoms with Crippen molar-refractivity contribution in [3.05, 3.63) is 29.8 Å². The van der Waals surface area contributed by atoms with Crippen molar-refractivity contribution < 1.29 is 4.74 Å². The molecule has 0 radical (unpaired) electrons. The first-order valence-electron chi connectivity index (χ1n) is 6.04. The molecule has 0 heterocycles. The van der Waals surface area contributed by atoms with Gasteiger partial charge in [0.05, 0.1) is 7.11 Å². The van der Waals surface area contributed by atoms with E-state index in [1.165, 1.54) is 5.56 Å². The van der Waals surface area contributed by atoms with Gasteiger partial charge in [0.2, 0.25) is 0 Å². The number of methoxy groups -OCH3 is 1. The summed E-state index contributed by atoms with van der Waals surface area (Å²) in [5.41, 5.74) is 7.14. The number of rotatable bonds is 6. The lowest BCUT2D eigenvalue weighted by Crippen LogP contribution is -2.47. The Morgan fingerprint density at radius 2 is 1.82 bits per heavy atom. The Balaban J connectivity index is 2.50. The number of nitrogens with two attached hydrogens (primary N) is 1. The van der Waals surface area contributed by atoms with Crippen LogP contribution in [0.5, 0.6) is 5.75 Å². The minimum Gasteiger partial charge on any atom is -0.497 e. The number of hydrogen-bond donors (Lipinski definition) is 1. The van der Waals surface area contributed by atoms with Gasteiger partial charge in [0.15, 0.2) is 0 Å². The Kier molecular flexibility index (Phi) is 4.97. The molecule has 0 saturated carbocycles. The van der Waals surface area contributed by atoms with Gasteiger partial charge in [0.25, 0.3) is 0 Å². The van der Waals surface area contributed by atoms with Gasteiger partial charge in [-0.15, -0.1) is 0 Å². The van der Waals surface area contributed by atoms with Crippen molar-refractivity contribution in [2.24, 2.45) is 5.73 Å². The molecule has 0 saturated heterocycles. The highest BCUT2D eigenvalue weighted by molar-refractivity contribution is 5.27. The fraction of sp³-hybridized carbons (Fsp3) is 0.571. The molecule has 96 valence electrons. The molecule has 0 spiro atoms. The predicted molar refractivity (Wildman–Crippen MR) is 72.5 cm³/mol. The number of nitrogens with zero attached hydrogens (tertiary/aromatic N) is 1. The first-order chi connectivity index (χ1) is 7.99. The van der Waals surface area contributed by atoms with Crippen molar-refractivity contribution in [3.63, 3.8) is 0 Å². The highest BCUT2D eigenvalue weighted by Crippen LogP contribution is 2.14. The van der Waals surface area contributed by atoms with Crippen LogP contribution in [0, 0.1) is 0 Å². The van der Waals surface area contributed by atoms with Crippen molar-refractivity contribution in [1.82, 2.24) is 4.90 Å². The van der Waals surface area contributed by atoms with Crippen molar-refractivity contribution in [1.29, 1.82) is 0 Å². The lowest BCUT2D eigenvalue weighted by atomic mass is 10.0. The monoisotopic (exact) mass is 236 g/mol. The van der Waals surface area contributed by atoms with Gasteiger partial charge in [-0.1, -0.05) is 12.1 Å². The third-order valence-electron chi connectivity index (χ3n) is 3.43. The van der Waals surface area contributed by atoms with E-state index in [1.54, 1.807) is 7.11 Å². The van der Waals surface area contributed by atoms with Crippen LogP contribution in [0.2, 0.25) is 0 Å². The van der Waals surface area contributed by atoms with Crippen LogP contribution in [0.15, 0.2) is 24.3 Å². The average molecular weight is 236 g/mol. The molecule has 0 aliphatic carbocycles. The summed E-state index contributed by atoms with van der Waals surface area (Å²) in [6.45, 7) is 6.02. The largest absolute Gasteiger partial charge is 0.497 e. The third-order valence-corrected chi connectivity index (χ3v) is 3.43. The van der Waals surface area contributed by atoms with Crippen molar-refractivity contribution >= 4 is 0 Å². The Bertz CT molecular complexity index is 333. The number of likely N-dealkylation sites (N-methyl/N-ethyl adjacent to an activating group) is 1. The quantitative estimate of drug-likeness (QED) is 0.820. The number of hydrogen-bond acceptors (Lipinski definition) is 3. The predicted octanol–water partition coefficient (Wildman–Crippen LogP) is 1.91. The van der Waals surface area contributed by atoms with E-state index in [4.69, 9.17) is 10.5 Å². The van der Waals surface area contributed by atoms with Crippen LogP contribution in [-0.4, -0.2) is 37.7 Å². The van der Waals surface area contributed by atoms with Crippen LogP contribution in [0.4, 0.5) is 0 Å². The van der Waals surface area contributed by atoms with Crippen LogP contribution >= 0.6 is 0 Å². The van der Waals surface area contributed by atoms with E-state index in [9.17, 15) is 0 Å². The minimum absolute atomic E-state index is 0.0620. The van der Waals surface area contributed by atoms with Gasteiger partial charge in [-0.2, -0.15) is 0 Å². The SMILES string of the molecule is COc1ccc(CCN(C)C(C)(C)CN)cc1. The molecule has 1 rings (SSSR count). The molecule has 3 heteroatoms. The minimum atomic E-state index is 0.0620. The smallest absolute Gasteiger partial charge is 0.118 e. The molecule has 2 N–H and O–H groups in total. The van der Waals surface area contributed by atoms with Gasteiger partial charge in [-0.25, -0.2) is 0 Å². The van der Waals surface area contributed by atoms with Gasteiger partial charge >= 0.3 is 0 Å². The van der Waals surface area contributed by atoms with Gasteiger partial charge in [0.1, 0.15) is 5.75 Å². The zero-order valence-electron chi connectivity index (χ0n) is 11.4. The van der Waals surface area contributed by atoms with Gasteiger partial charge < -0.3 is 10.5 Å². The third kappa shape index (κ3) is 4.02. The normalized spacial score (nSPS) is 11.9. The molecule has 0 aromatic heterocycles. The van der Waals surface area contributed by atoms with E-state index < -0.39 is 0 Å². The Morgan fingerprint density at radius 1 is 1.24 bits per heavy atom. The molecule has 0 aliphatic heterocycles. The standard InChI is InChI=1S/C14H24N2O/c1-14(2,11-15)16(3)10-9-12-5-7-13(17-4)8-6-12/h5-8H,9-11,15H2,1-4H3. The van der Waals surface area contributed by atoms with E-state index >= 15 is 0 Å². The molecule has 0 bridgehead atoms. The molecule has 0 aliphatic rings. The van der Waals surface area contributed by atoms with Gasteiger partial charge in [-0.05, 0) is 45.0 Å². The second-order valence-corrected chi connectivity index (χ2v) is 5.04. The molecule has 0 amide bonds. The zero-order chi connectivity index (χ0) is 12.9. The summed E-state index contributed by atoms with van der Waals surface area (Å²) >= 11 is 0. The molecule has 0 atom stereocenters. The van der Waals surface area contributed by atoms with Crippen LogP contribution in [0.1, 0.15) is 19.4 Å². The van der Waals surface area contributed by atoms with Gasteiger partial charge in [-0.3, -0.25) is 4.90 Å². The second kappa shape index (κ2) is 6.03. The highest BCUT2D eigenvalue weighted by atomic mass is 16.5. The van der Waals surface area contributed by atoms with E-state index in [0.29, 0.717) is 6.54 Å². The maximum Gasteiger partial charge on any atom is 0.118 e. The first kappa shape index (κ1) is 14.0. The maximum atomic E-state index is 5.76. The summed E-state index contributed by atoms with van der Waals surface area (Å²) in [5.74, 6) is 0.907. The number of ether oxygens (including phenoxy) is 1. The van der Waals surface area contributed by atoms with E-state index in [0.717, 1.165) is 18.7 Å². The molecular weight excluding hydrogens is 212 g/mol. The molecule has 3 nitrogen and oxygen atoms in total. The summed E-state index contributed by atoms with van der Waals surface area (Å²) in [7, 11) is 3.81. The summed E-state index contributed by atoms with van der Waals surface area (Å²) in [4.78, 5) is 2.30. The fourth-order valence-electron chi connectivity index (χ4n) is 1.55. The summed E-state index contributed by atoms with van der Waals surface area (Å²) in [6.07, 6.45) is 1.03. The molecule has 1 aromatic rings. The molecule has 17 heavy (non-hydrogen) atoms. The van der Waals surface area contributed by atoms with Crippen LogP contribution in [-0.2, 0) is 6.42 Å². The second-order valence-electron chi connectivity index (χ2n) is 5.04. The van der Waals surface area contributed by atoms with Crippen LogP contribution < -0.4 is 10.5 Å².